The summed E-state index contributed by atoms with van der Waals surface area (Å²) >= 11 is 37.3. The van der Waals surface area contributed by atoms with Crippen molar-refractivity contribution in [1.82, 2.24) is 0 Å². The van der Waals surface area contributed by atoms with Crippen LogP contribution in [0.15, 0.2) is 91.1 Å². The summed E-state index contributed by atoms with van der Waals surface area (Å²) in [5, 5.41) is 0. The zero-order valence-corrected chi connectivity index (χ0v) is 58.7. The maximum atomic E-state index is 2.52. The van der Waals surface area contributed by atoms with E-state index in [0.29, 0.717) is 0 Å². The van der Waals surface area contributed by atoms with Gasteiger partial charge in [-0.3, -0.25) is 0 Å². The van der Waals surface area contributed by atoms with Crippen LogP contribution in [-0.4, -0.2) is 23.0 Å². The minimum atomic E-state index is 0.819. The average molecular weight is 1300 g/mol. The van der Waals surface area contributed by atoms with E-state index in [9.17, 15) is 0 Å². The van der Waals surface area contributed by atoms with E-state index in [4.69, 9.17) is 0 Å². The third-order valence-electron chi connectivity index (χ3n) is 13.0. The molecule has 0 amide bonds. The number of hydrogen-bond acceptors (Lipinski definition) is 18. The number of thioether (sulfide) groups is 18. The fraction of sp³-hybridized carbons (Fsp3) is 0.630. The molecule has 400 valence electrons. The van der Waals surface area contributed by atoms with Crippen molar-refractivity contribution in [2.24, 2.45) is 23.7 Å². The molecule has 0 saturated heterocycles. The molecule has 0 radical (unpaired) electrons. The van der Waals surface area contributed by atoms with Crippen molar-refractivity contribution < 1.29 is 0 Å². The SMILES string of the molecule is CCCCC(CC)CSC1=C(SCC(CC)CCCC)SC(=C2SC3=C(SC(=CC(C=C4SC5=C(S4)SC(=C4SC(SCC(CC)CCCC)=C(SCC(CC)CCCC)S4)S5)=C4SC(C)=C(C)S4)S3)S2)S1. The number of rotatable bonds is 30. The quantitative estimate of drug-likeness (QED) is 0.0669. The Labute approximate surface area is 514 Å². The molecule has 0 aromatic carbocycles. The van der Waals surface area contributed by atoms with Gasteiger partial charge in [-0.05, 0) is 90.7 Å². The molecule has 72 heavy (non-hydrogen) atoms. The van der Waals surface area contributed by atoms with Gasteiger partial charge in [0.1, 0.15) is 0 Å². The molecule has 7 aliphatic rings. The number of unbranched alkanes of at least 4 members (excludes halogenated alkanes) is 4. The number of hydrogen-bond donors (Lipinski definition) is 0. The van der Waals surface area contributed by atoms with Crippen molar-refractivity contribution in [2.75, 3.05) is 23.0 Å². The maximum Gasteiger partial charge on any atom is 0.0718 e. The molecular formula is C54H76S18. The van der Waals surface area contributed by atoms with Crippen LogP contribution in [0.5, 0.6) is 0 Å². The molecule has 18 heteroatoms. The van der Waals surface area contributed by atoms with E-state index in [2.05, 4.69) is 175 Å². The predicted octanol–water partition coefficient (Wildman–Crippen LogP) is 27.1. The summed E-state index contributed by atoms with van der Waals surface area (Å²) in [6.45, 7) is 23.5. The summed E-state index contributed by atoms with van der Waals surface area (Å²) in [6, 6.07) is 0. The Bertz CT molecular complexity index is 1960. The molecule has 7 aliphatic heterocycles. The van der Waals surface area contributed by atoms with Crippen molar-refractivity contribution in [2.45, 2.75) is 172 Å². The Morgan fingerprint density at radius 1 is 0.347 bits per heavy atom. The minimum Gasteiger partial charge on any atom is -0.117 e. The van der Waals surface area contributed by atoms with Crippen LogP contribution in [0.1, 0.15) is 172 Å². The van der Waals surface area contributed by atoms with Gasteiger partial charge in [-0.25, -0.2) is 0 Å². The maximum absolute atomic E-state index is 2.52. The van der Waals surface area contributed by atoms with E-state index in [-0.39, 0.29) is 0 Å². The Morgan fingerprint density at radius 3 is 0.847 bits per heavy atom. The third-order valence-corrected chi connectivity index (χ3v) is 39.7. The second kappa shape index (κ2) is 33.7. The zero-order chi connectivity index (χ0) is 51.0. The van der Waals surface area contributed by atoms with Gasteiger partial charge in [0, 0.05) is 23.0 Å². The first-order valence-electron chi connectivity index (χ1n) is 26.4. The lowest BCUT2D eigenvalue weighted by Gasteiger charge is -2.16. The second-order valence-corrected chi connectivity index (χ2v) is 41.4. The topological polar surface area (TPSA) is 0 Å². The lowest BCUT2D eigenvalue weighted by Crippen LogP contribution is -2.03. The van der Waals surface area contributed by atoms with Crippen LogP contribution in [0.2, 0.25) is 0 Å². The van der Waals surface area contributed by atoms with E-state index in [0.717, 1.165) is 23.7 Å². The fourth-order valence-corrected chi connectivity index (χ4v) is 36.3. The first-order chi connectivity index (χ1) is 35.1. The zero-order valence-electron chi connectivity index (χ0n) is 44.0. The summed E-state index contributed by atoms with van der Waals surface area (Å²) < 4.78 is 22.6. The van der Waals surface area contributed by atoms with E-state index in [1.807, 2.05) is 118 Å². The summed E-state index contributed by atoms with van der Waals surface area (Å²) in [4.78, 5) is 2.88. The summed E-state index contributed by atoms with van der Waals surface area (Å²) in [5.74, 6) is 8.31. The molecular weight excluding hydrogens is 1230 g/mol. The van der Waals surface area contributed by atoms with Gasteiger partial charge in [-0.2, -0.15) is 0 Å². The molecule has 4 unspecified atom stereocenters. The Morgan fingerprint density at radius 2 is 0.597 bits per heavy atom. The van der Waals surface area contributed by atoms with Crippen LogP contribution in [0.3, 0.4) is 0 Å². The van der Waals surface area contributed by atoms with Crippen molar-refractivity contribution in [3.8, 4) is 0 Å². The smallest absolute Gasteiger partial charge is 0.0718 e. The van der Waals surface area contributed by atoms with Gasteiger partial charge in [0.05, 0.1) is 63.6 Å². The fourth-order valence-electron chi connectivity index (χ4n) is 7.89. The normalized spacial score (nSPS) is 21.1. The van der Waals surface area contributed by atoms with Gasteiger partial charge in [0.15, 0.2) is 0 Å². The summed E-state index contributed by atoms with van der Waals surface area (Å²) in [7, 11) is 0. The van der Waals surface area contributed by atoms with Crippen molar-refractivity contribution in [3.05, 3.63) is 91.1 Å². The van der Waals surface area contributed by atoms with Crippen LogP contribution in [0, 0.1) is 23.7 Å². The van der Waals surface area contributed by atoms with Crippen LogP contribution in [0.25, 0.3) is 0 Å². The summed E-state index contributed by atoms with van der Waals surface area (Å²) in [5.41, 5.74) is 1.38. The highest BCUT2D eigenvalue weighted by Crippen LogP contribution is 2.73. The highest BCUT2D eigenvalue weighted by atomic mass is 32.3. The molecule has 7 rings (SSSR count). The standard InChI is InChI=1S/C54H76S18/c1-11-19-23-35(15-5)29-55-43-44(56-30-36(16-6)24-20-12-2)66-51(65-43)53-69-47-48(70-53)62-40(61-47)27-39(42-59-33(9)34(10)60-42)28-41-63-49-50(64-41)72-54(71-49)52-67-45(57-31-37(17-7)25-21-13-3)46(68-52)58-32-38(18-8)26-22-14-4/h27-28,35-38H,11-26,29-32H2,1-10H3. The summed E-state index contributed by atoms with van der Waals surface area (Å²) in [6.07, 6.45) is 26.3. The van der Waals surface area contributed by atoms with Gasteiger partial charge in [0.2, 0.25) is 0 Å². The van der Waals surface area contributed by atoms with Gasteiger partial charge >= 0.3 is 0 Å². The molecule has 0 bridgehead atoms. The molecule has 0 aromatic heterocycles. The highest BCUT2D eigenvalue weighted by Gasteiger charge is 2.38. The Hall–Kier alpha value is 3.70. The van der Waals surface area contributed by atoms with Gasteiger partial charge < -0.3 is 0 Å². The Balaban J connectivity index is 0.996. The monoisotopic (exact) mass is 1300 g/mol. The predicted molar refractivity (Wildman–Crippen MR) is 373 cm³/mol. The van der Waals surface area contributed by atoms with Crippen LogP contribution in [-0.2, 0) is 0 Å². The lowest BCUT2D eigenvalue weighted by atomic mass is 10.0. The molecule has 7 heterocycles. The van der Waals surface area contributed by atoms with E-state index >= 15 is 0 Å². The highest BCUT2D eigenvalue weighted by molar-refractivity contribution is 8.51. The largest absolute Gasteiger partial charge is 0.117 e. The first-order valence-corrected chi connectivity index (χ1v) is 41.8. The third kappa shape index (κ3) is 18.9. The molecule has 0 fully saturated rings. The van der Waals surface area contributed by atoms with Gasteiger partial charge in [-0.1, -0.05) is 297 Å². The van der Waals surface area contributed by atoms with E-state index in [1.165, 1.54) is 188 Å². The van der Waals surface area contributed by atoms with Gasteiger partial charge in [-0.15, -0.1) is 47.0 Å². The molecule has 4 atom stereocenters. The van der Waals surface area contributed by atoms with Crippen LogP contribution < -0.4 is 0 Å². The average Bonchev–Trinajstić information content (AvgIpc) is 4.27. The van der Waals surface area contributed by atoms with Crippen molar-refractivity contribution in [1.29, 1.82) is 0 Å². The van der Waals surface area contributed by atoms with Crippen LogP contribution in [0.4, 0.5) is 0 Å². The van der Waals surface area contributed by atoms with E-state index in [1.54, 1.807) is 16.9 Å². The number of allylic oxidation sites excluding steroid dienone is 5. The minimum absolute atomic E-state index is 0.819. The molecule has 0 spiro atoms. The van der Waals surface area contributed by atoms with Crippen molar-refractivity contribution in [3.63, 3.8) is 0 Å². The molecule has 0 N–H and O–H groups in total. The van der Waals surface area contributed by atoms with Gasteiger partial charge in [0.25, 0.3) is 0 Å². The lowest BCUT2D eigenvalue weighted by molar-refractivity contribution is 0.500. The Kier molecular flexibility index (Phi) is 29.6. The second-order valence-electron chi connectivity index (χ2n) is 18.6. The molecule has 0 aliphatic carbocycles. The van der Waals surface area contributed by atoms with Crippen LogP contribution >= 0.6 is 212 Å². The molecule has 0 nitrogen and oxygen atoms in total. The first kappa shape index (κ1) is 63.3. The van der Waals surface area contributed by atoms with E-state index < -0.39 is 0 Å². The van der Waals surface area contributed by atoms with Crippen molar-refractivity contribution >= 4 is 212 Å². The molecule has 0 aromatic rings. The molecule has 0 saturated carbocycles.